The van der Waals surface area contributed by atoms with Crippen molar-refractivity contribution in [2.45, 2.75) is 6.04 Å². The van der Waals surface area contributed by atoms with Crippen LogP contribution < -0.4 is 11.5 Å². The Labute approximate surface area is 121 Å². The summed E-state index contributed by atoms with van der Waals surface area (Å²) in [6, 6.07) is 6.99. The first kappa shape index (κ1) is 13.2. The number of hydrogen-bond donors (Lipinski definition) is 2. The van der Waals surface area contributed by atoms with Gasteiger partial charge >= 0.3 is 5.97 Å². The summed E-state index contributed by atoms with van der Waals surface area (Å²) in [5.41, 5.74) is 14.6. The fourth-order valence-electron chi connectivity index (χ4n) is 2.16. The molecule has 4 N–H and O–H groups in total. The van der Waals surface area contributed by atoms with Crippen LogP contribution in [0, 0.1) is 0 Å². The summed E-state index contributed by atoms with van der Waals surface area (Å²) in [6.45, 7) is 0. The Morgan fingerprint density at radius 2 is 2.05 bits per heavy atom. The molecule has 1 aromatic carbocycles. The molecule has 0 spiro atoms. The van der Waals surface area contributed by atoms with Crippen molar-refractivity contribution in [1.29, 1.82) is 0 Å². The van der Waals surface area contributed by atoms with Crippen LogP contribution in [-0.2, 0) is 14.3 Å². The van der Waals surface area contributed by atoms with E-state index in [0.29, 0.717) is 22.6 Å². The second kappa shape index (κ2) is 5.30. The number of allylic oxidation sites excluding steroid dienone is 1. The maximum atomic E-state index is 11.6. The van der Waals surface area contributed by atoms with Crippen molar-refractivity contribution in [3.05, 3.63) is 71.9 Å². The molecule has 1 atom stereocenters. The lowest BCUT2D eigenvalue weighted by Gasteiger charge is -2.14. The van der Waals surface area contributed by atoms with Gasteiger partial charge in [0.15, 0.2) is 0 Å². The Bertz CT molecular complexity index is 714. The highest BCUT2D eigenvalue weighted by Gasteiger charge is 2.24. The third-order valence-corrected chi connectivity index (χ3v) is 3.24. The molecule has 0 amide bonds. The Kier molecular flexibility index (Phi) is 3.33. The van der Waals surface area contributed by atoms with Crippen LogP contribution in [0.15, 0.2) is 66.3 Å². The number of rotatable bonds is 2. The van der Waals surface area contributed by atoms with E-state index in [9.17, 15) is 4.79 Å². The summed E-state index contributed by atoms with van der Waals surface area (Å²) < 4.78 is 10.3. The Balaban J connectivity index is 2.00. The molecule has 0 radical (unpaired) electrons. The number of anilines is 1. The fraction of sp³-hybridized carbons (Fsp3) is 0.0625. The lowest BCUT2D eigenvalue weighted by Crippen LogP contribution is -2.21. The minimum atomic E-state index is -0.430. The normalized spacial score (nSPS) is 22.6. The van der Waals surface area contributed by atoms with Crippen molar-refractivity contribution in [2.24, 2.45) is 5.73 Å². The van der Waals surface area contributed by atoms with E-state index in [0.717, 1.165) is 5.56 Å². The monoisotopic (exact) mass is 282 g/mol. The number of benzene rings is 1. The highest BCUT2D eigenvalue weighted by atomic mass is 16.5. The van der Waals surface area contributed by atoms with Crippen molar-refractivity contribution in [3.63, 3.8) is 0 Å². The van der Waals surface area contributed by atoms with E-state index in [-0.39, 0.29) is 6.04 Å². The van der Waals surface area contributed by atoms with Crippen LogP contribution >= 0.6 is 0 Å². The van der Waals surface area contributed by atoms with Crippen molar-refractivity contribution >= 4 is 17.2 Å². The zero-order valence-electron chi connectivity index (χ0n) is 11.2. The first-order valence-corrected chi connectivity index (χ1v) is 6.43. The van der Waals surface area contributed by atoms with Crippen molar-refractivity contribution in [3.8, 4) is 0 Å². The molecule has 1 aromatic rings. The lowest BCUT2D eigenvalue weighted by atomic mass is 10.00. The maximum absolute atomic E-state index is 11.6. The van der Waals surface area contributed by atoms with Gasteiger partial charge in [0.25, 0.3) is 0 Å². The summed E-state index contributed by atoms with van der Waals surface area (Å²) in [5, 5.41) is 0. The molecule has 0 saturated carbocycles. The molecular formula is C16H14N2O3. The van der Waals surface area contributed by atoms with Gasteiger partial charge in [-0.15, -0.1) is 0 Å². The Hall–Kier alpha value is -2.79. The van der Waals surface area contributed by atoms with Crippen LogP contribution in [0.25, 0.3) is 5.57 Å². The van der Waals surface area contributed by atoms with E-state index in [1.807, 2.05) is 18.2 Å². The van der Waals surface area contributed by atoms with Crippen molar-refractivity contribution in [2.75, 3.05) is 5.73 Å². The van der Waals surface area contributed by atoms with Gasteiger partial charge < -0.3 is 20.9 Å². The van der Waals surface area contributed by atoms with Gasteiger partial charge in [-0.05, 0) is 18.2 Å². The molecule has 0 aromatic heterocycles. The molecule has 0 fully saturated rings. The number of hydrogen-bond acceptors (Lipinski definition) is 5. The largest absolute Gasteiger partial charge is 0.473 e. The topological polar surface area (TPSA) is 87.6 Å². The van der Waals surface area contributed by atoms with E-state index in [1.54, 1.807) is 18.2 Å². The summed E-state index contributed by atoms with van der Waals surface area (Å²) in [4.78, 5) is 11.6. The van der Waals surface area contributed by atoms with Crippen molar-refractivity contribution < 1.29 is 14.3 Å². The fourth-order valence-corrected chi connectivity index (χ4v) is 2.16. The Morgan fingerprint density at radius 1 is 1.24 bits per heavy atom. The van der Waals surface area contributed by atoms with Gasteiger partial charge in [0.1, 0.15) is 5.76 Å². The highest BCUT2D eigenvalue weighted by molar-refractivity contribution is 6.03. The molecule has 2 aliphatic rings. The lowest BCUT2D eigenvalue weighted by molar-refractivity contribution is -0.132. The first-order valence-electron chi connectivity index (χ1n) is 6.43. The number of nitrogen functional groups attached to an aromatic ring is 1. The van der Waals surface area contributed by atoms with Crippen LogP contribution in [-0.4, -0.2) is 12.0 Å². The van der Waals surface area contributed by atoms with E-state index in [2.05, 4.69) is 0 Å². The number of ether oxygens (including phenoxy) is 2. The number of cyclic esters (lactones) is 1. The zero-order chi connectivity index (χ0) is 14.8. The van der Waals surface area contributed by atoms with Gasteiger partial charge in [0.05, 0.1) is 18.6 Å². The first-order chi connectivity index (χ1) is 10.1. The van der Waals surface area contributed by atoms with Crippen LogP contribution in [0.2, 0.25) is 0 Å². The average Bonchev–Trinajstić information content (AvgIpc) is 2.82. The van der Waals surface area contributed by atoms with Gasteiger partial charge in [-0.2, -0.15) is 0 Å². The molecule has 0 saturated heterocycles. The van der Waals surface area contributed by atoms with Gasteiger partial charge in [-0.1, -0.05) is 18.2 Å². The molecule has 5 nitrogen and oxygen atoms in total. The van der Waals surface area contributed by atoms with E-state index < -0.39 is 5.97 Å². The molecule has 0 bridgehead atoms. The summed E-state index contributed by atoms with van der Waals surface area (Å²) in [7, 11) is 0. The average molecular weight is 282 g/mol. The minimum absolute atomic E-state index is 0.306. The van der Waals surface area contributed by atoms with Gasteiger partial charge in [0, 0.05) is 28.5 Å². The molecule has 2 aliphatic heterocycles. The molecule has 0 aliphatic carbocycles. The molecule has 1 unspecified atom stereocenters. The van der Waals surface area contributed by atoms with Gasteiger partial charge in [-0.25, -0.2) is 4.79 Å². The van der Waals surface area contributed by atoms with E-state index >= 15 is 0 Å². The van der Waals surface area contributed by atoms with E-state index in [1.165, 1.54) is 18.6 Å². The summed E-state index contributed by atoms with van der Waals surface area (Å²) in [6.07, 6.45) is 7.86. The summed E-state index contributed by atoms with van der Waals surface area (Å²) in [5.74, 6) is -0.0144. The van der Waals surface area contributed by atoms with Crippen LogP contribution in [0.3, 0.4) is 0 Å². The standard InChI is InChI=1S/C16H14N2O3/c17-13-5-6-20-9-10(13)7-15-12(8-16(19)21-15)11-3-1-2-4-14(11)18/h1-9,13H,17-18H2/b15-7-. The quantitative estimate of drug-likeness (QED) is 0.638. The third-order valence-electron chi connectivity index (χ3n) is 3.24. The zero-order valence-corrected chi connectivity index (χ0v) is 11.2. The SMILES string of the molecule is Nc1ccccc1C1=CC(=O)O/C1=C\C1=COC=CC1N. The second-order valence-electron chi connectivity index (χ2n) is 4.68. The maximum Gasteiger partial charge on any atom is 0.336 e. The number of nitrogens with two attached hydrogens (primary N) is 2. The molecule has 3 rings (SSSR count). The molecule has 106 valence electrons. The van der Waals surface area contributed by atoms with E-state index in [4.69, 9.17) is 20.9 Å². The smallest absolute Gasteiger partial charge is 0.336 e. The predicted molar refractivity (Wildman–Crippen MR) is 79.3 cm³/mol. The number of carbonyl (C=O) groups excluding carboxylic acids is 1. The molecule has 21 heavy (non-hydrogen) atoms. The molecule has 2 heterocycles. The third kappa shape index (κ3) is 2.59. The number of esters is 1. The number of carbonyl (C=O) groups is 1. The van der Waals surface area contributed by atoms with Crippen LogP contribution in [0.4, 0.5) is 5.69 Å². The van der Waals surface area contributed by atoms with Gasteiger partial charge in [0.2, 0.25) is 0 Å². The predicted octanol–water partition coefficient (Wildman–Crippen LogP) is 1.85. The van der Waals surface area contributed by atoms with Crippen LogP contribution in [0.1, 0.15) is 5.56 Å². The summed E-state index contributed by atoms with van der Waals surface area (Å²) >= 11 is 0. The van der Waals surface area contributed by atoms with Crippen molar-refractivity contribution in [1.82, 2.24) is 0 Å². The molecule has 5 heteroatoms. The Morgan fingerprint density at radius 3 is 2.81 bits per heavy atom. The minimum Gasteiger partial charge on any atom is -0.473 e. The molecular weight excluding hydrogens is 268 g/mol. The second-order valence-corrected chi connectivity index (χ2v) is 4.68. The number of para-hydroxylation sites is 1. The highest BCUT2D eigenvalue weighted by Crippen LogP contribution is 2.33. The van der Waals surface area contributed by atoms with Crippen LogP contribution in [0.5, 0.6) is 0 Å². The van der Waals surface area contributed by atoms with Gasteiger partial charge in [-0.3, -0.25) is 0 Å².